The number of hydrogen-bond donors (Lipinski definition) is 2. The van der Waals surface area contributed by atoms with E-state index in [0.29, 0.717) is 17.5 Å². The lowest BCUT2D eigenvalue weighted by atomic mass is 9.66. The SMILES string of the molecule is CC(OC(=O)N1c2ccccc2C(C(N)(CC=O)C(=O)O)C2CCCC21)c1ccccc1. The summed E-state index contributed by atoms with van der Waals surface area (Å²) in [5.41, 5.74) is 6.84. The Hall–Kier alpha value is -3.19. The number of carboxylic acid groups (broad SMARTS) is 1. The first kappa shape index (κ1) is 22.0. The predicted octanol–water partition coefficient (Wildman–Crippen LogP) is 4.03. The fourth-order valence-electron chi connectivity index (χ4n) is 5.44. The largest absolute Gasteiger partial charge is 0.480 e. The number of anilines is 1. The molecule has 0 aromatic heterocycles. The van der Waals surface area contributed by atoms with Crippen LogP contribution in [0.1, 0.15) is 55.8 Å². The molecule has 5 atom stereocenters. The number of amides is 1. The van der Waals surface area contributed by atoms with Crippen LogP contribution in [0.15, 0.2) is 54.6 Å². The maximum Gasteiger partial charge on any atom is 0.415 e. The number of benzene rings is 2. The molecule has 32 heavy (non-hydrogen) atoms. The van der Waals surface area contributed by atoms with E-state index in [4.69, 9.17) is 10.5 Å². The van der Waals surface area contributed by atoms with Crippen LogP contribution >= 0.6 is 0 Å². The van der Waals surface area contributed by atoms with Crippen LogP contribution in [0.4, 0.5) is 10.5 Å². The average molecular weight is 437 g/mol. The summed E-state index contributed by atoms with van der Waals surface area (Å²) in [6.45, 7) is 1.83. The molecule has 1 amide bonds. The van der Waals surface area contributed by atoms with E-state index < -0.39 is 29.6 Å². The normalized spacial score (nSPS) is 24.6. The Morgan fingerprint density at radius 1 is 1.19 bits per heavy atom. The molecular weight excluding hydrogens is 408 g/mol. The molecule has 1 aliphatic carbocycles. The van der Waals surface area contributed by atoms with Crippen molar-refractivity contribution in [2.75, 3.05) is 4.90 Å². The van der Waals surface area contributed by atoms with Crippen molar-refractivity contribution in [1.82, 2.24) is 0 Å². The average Bonchev–Trinajstić information content (AvgIpc) is 3.26. The predicted molar refractivity (Wildman–Crippen MR) is 119 cm³/mol. The van der Waals surface area contributed by atoms with Crippen molar-refractivity contribution >= 4 is 24.0 Å². The topological polar surface area (TPSA) is 110 Å². The van der Waals surface area contributed by atoms with Crippen molar-refractivity contribution in [3.63, 3.8) is 0 Å². The van der Waals surface area contributed by atoms with Gasteiger partial charge in [-0.3, -0.25) is 9.69 Å². The molecule has 1 heterocycles. The van der Waals surface area contributed by atoms with Crippen molar-refractivity contribution < 1.29 is 24.2 Å². The second-order valence-corrected chi connectivity index (χ2v) is 8.72. The first-order valence-electron chi connectivity index (χ1n) is 11.0. The number of ether oxygens (including phenoxy) is 1. The number of hydrogen-bond acceptors (Lipinski definition) is 5. The summed E-state index contributed by atoms with van der Waals surface area (Å²) in [5, 5.41) is 9.99. The van der Waals surface area contributed by atoms with Crippen LogP contribution in [0.25, 0.3) is 0 Å². The zero-order valence-electron chi connectivity index (χ0n) is 18.0. The van der Waals surface area contributed by atoms with Crippen LogP contribution < -0.4 is 10.6 Å². The van der Waals surface area contributed by atoms with Gasteiger partial charge in [0.1, 0.15) is 17.9 Å². The minimum absolute atomic E-state index is 0.175. The highest BCUT2D eigenvalue weighted by atomic mass is 16.6. The van der Waals surface area contributed by atoms with Crippen molar-refractivity contribution in [3.8, 4) is 0 Å². The molecule has 3 N–H and O–H groups in total. The highest BCUT2D eigenvalue weighted by molar-refractivity contribution is 5.92. The molecule has 168 valence electrons. The van der Waals surface area contributed by atoms with Crippen molar-refractivity contribution in [3.05, 3.63) is 65.7 Å². The third kappa shape index (κ3) is 3.66. The van der Waals surface area contributed by atoms with E-state index in [2.05, 4.69) is 0 Å². The molecule has 0 radical (unpaired) electrons. The lowest BCUT2D eigenvalue weighted by molar-refractivity contribution is -0.146. The summed E-state index contributed by atoms with van der Waals surface area (Å²) in [5.74, 6) is -1.96. The van der Waals surface area contributed by atoms with Gasteiger partial charge in [0.2, 0.25) is 0 Å². The number of carbonyl (C=O) groups is 3. The number of aliphatic carboxylic acids is 1. The third-order valence-electron chi connectivity index (χ3n) is 6.94. The van der Waals surface area contributed by atoms with Gasteiger partial charge in [-0.15, -0.1) is 0 Å². The fraction of sp³-hybridized carbons (Fsp3) is 0.400. The maximum absolute atomic E-state index is 13.4. The van der Waals surface area contributed by atoms with E-state index in [1.807, 2.05) is 49.4 Å². The highest BCUT2D eigenvalue weighted by Crippen LogP contribution is 2.53. The second-order valence-electron chi connectivity index (χ2n) is 8.72. The maximum atomic E-state index is 13.4. The second kappa shape index (κ2) is 8.74. The zero-order valence-corrected chi connectivity index (χ0v) is 18.0. The van der Waals surface area contributed by atoms with Gasteiger partial charge >= 0.3 is 12.1 Å². The summed E-state index contributed by atoms with van der Waals surface area (Å²) >= 11 is 0. The highest BCUT2D eigenvalue weighted by Gasteiger charge is 2.55. The molecule has 0 spiro atoms. The summed E-state index contributed by atoms with van der Waals surface area (Å²) in [4.78, 5) is 38.7. The number of fused-ring (bicyclic) bond motifs is 2. The molecule has 7 heteroatoms. The molecule has 1 fully saturated rings. The minimum atomic E-state index is -1.74. The number of rotatable bonds is 6. The Bertz CT molecular complexity index is 1010. The molecule has 1 aliphatic heterocycles. The molecular formula is C25H28N2O5. The van der Waals surface area contributed by atoms with Crippen LogP contribution in [-0.4, -0.2) is 35.0 Å². The van der Waals surface area contributed by atoms with Crippen LogP contribution in [0.3, 0.4) is 0 Å². The Morgan fingerprint density at radius 2 is 1.88 bits per heavy atom. The first-order valence-corrected chi connectivity index (χ1v) is 11.0. The van der Waals surface area contributed by atoms with Crippen LogP contribution in [0.2, 0.25) is 0 Å². The van der Waals surface area contributed by atoms with Crippen molar-refractivity contribution in [2.45, 2.75) is 56.2 Å². The monoisotopic (exact) mass is 436 g/mol. The van der Waals surface area contributed by atoms with Crippen LogP contribution in [0, 0.1) is 5.92 Å². The Balaban J connectivity index is 1.74. The first-order chi connectivity index (χ1) is 15.4. The van der Waals surface area contributed by atoms with Gasteiger partial charge in [-0.2, -0.15) is 0 Å². The summed E-state index contributed by atoms with van der Waals surface area (Å²) < 4.78 is 5.84. The van der Waals surface area contributed by atoms with Gasteiger partial charge in [0.25, 0.3) is 0 Å². The Kier molecular flexibility index (Phi) is 6.02. The van der Waals surface area contributed by atoms with E-state index in [1.165, 1.54) is 0 Å². The number of carboxylic acids is 1. The van der Waals surface area contributed by atoms with Crippen molar-refractivity contribution in [2.24, 2.45) is 11.7 Å². The van der Waals surface area contributed by atoms with E-state index in [9.17, 15) is 19.5 Å². The molecule has 0 saturated heterocycles. The number of carbonyl (C=O) groups excluding carboxylic acids is 2. The fourth-order valence-corrected chi connectivity index (χ4v) is 5.44. The van der Waals surface area contributed by atoms with E-state index >= 15 is 0 Å². The number of nitrogens with zero attached hydrogens (tertiary/aromatic N) is 1. The molecule has 4 rings (SSSR count). The van der Waals surface area contributed by atoms with Gasteiger partial charge in [-0.1, -0.05) is 55.0 Å². The molecule has 0 bridgehead atoms. The van der Waals surface area contributed by atoms with Gasteiger partial charge in [-0.25, -0.2) is 4.79 Å². The number of aldehydes is 1. The lowest BCUT2D eigenvalue weighted by Gasteiger charge is -2.47. The molecule has 2 aromatic carbocycles. The van der Waals surface area contributed by atoms with Crippen LogP contribution in [-0.2, 0) is 14.3 Å². The van der Waals surface area contributed by atoms with Crippen molar-refractivity contribution in [1.29, 1.82) is 0 Å². The quantitative estimate of drug-likeness (QED) is 0.662. The van der Waals surface area contributed by atoms with E-state index in [1.54, 1.807) is 17.0 Å². The number of nitrogens with two attached hydrogens (primary N) is 1. The van der Waals surface area contributed by atoms with Gasteiger partial charge in [0.15, 0.2) is 0 Å². The molecule has 7 nitrogen and oxygen atoms in total. The summed E-state index contributed by atoms with van der Waals surface area (Å²) in [6.07, 6.45) is 1.68. The Labute approximate surface area is 187 Å². The standard InChI is InChI=1S/C25H28N2O5/c1-16(17-8-3-2-4-9-17)32-24(31)27-20-12-6-5-10-18(20)22(19-11-7-13-21(19)27)25(26,14-15-28)23(29)30/h2-6,8-10,12,15-16,19,21-22H,7,11,13-14,26H2,1H3,(H,29,30). The van der Waals surface area contributed by atoms with E-state index in [0.717, 1.165) is 24.8 Å². The number of para-hydroxylation sites is 1. The summed E-state index contributed by atoms with van der Waals surface area (Å²) in [7, 11) is 0. The Morgan fingerprint density at radius 3 is 2.56 bits per heavy atom. The van der Waals surface area contributed by atoms with Gasteiger partial charge in [0.05, 0.1) is 5.69 Å². The molecule has 2 aliphatic rings. The minimum Gasteiger partial charge on any atom is -0.480 e. The van der Waals surface area contributed by atoms with Gasteiger partial charge < -0.3 is 20.4 Å². The van der Waals surface area contributed by atoms with E-state index in [-0.39, 0.29) is 18.4 Å². The van der Waals surface area contributed by atoms with Crippen LogP contribution in [0.5, 0.6) is 0 Å². The van der Waals surface area contributed by atoms with Gasteiger partial charge in [0, 0.05) is 18.4 Å². The zero-order chi connectivity index (χ0) is 22.9. The van der Waals surface area contributed by atoms with Gasteiger partial charge in [-0.05, 0) is 42.9 Å². The molecule has 1 saturated carbocycles. The summed E-state index contributed by atoms with van der Waals surface area (Å²) in [6, 6.07) is 16.5. The lowest BCUT2D eigenvalue weighted by Crippen LogP contribution is -2.60. The molecule has 2 aromatic rings. The third-order valence-corrected chi connectivity index (χ3v) is 6.94. The molecule has 5 unspecified atom stereocenters. The smallest absolute Gasteiger partial charge is 0.415 e.